The van der Waals surface area contributed by atoms with Crippen molar-refractivity contribution in [3.05, 3.63) is 36.5 Å². The zero-order valence-electron chi connectivity index (χ0n) is 13.9. The number of rotatable bonds is 3. The minimum Gasteiger partial charge on any atom is -0.341 e. The number of aromatic nitrogens is 1. The maximum Gasteiger partial charge on any atom is 0.324 e. The van der Waals surface area contributed by atoms with E-state index in [0.29, 0.717) is 32.5 Å². The molecular formula is C18H20N4O3. The average molecular weight is 340 g/mol. The number of urea groups is 1. The van der Waals surface area contributed by atoms with Gasteiger partial charge in [0.1, 0.15) is 6.54 Å². The van der Waals surface area contributed by atoms with Crippen molar-refractivity contribution in [3.63, 3.8) is 0 Å². The zero-order chi connectivity index (χ0) is 17.4. The highest BCUT2D eigenvalue weighted by Crippen LogP contribution is 2.20. The number of imide groups is 1. The number of nitrogens with zero attached hydrogens (tertiary/aromatic N) is 3. The van der Waals surface area contributed by atoms with Gasteiger partial charge >= 0.3 is 6.03 Å². The van der Waals surface area contributed by atoms with Crippen molar-refractivity contribution in [2.75, 3.05) is 19.6 Å². The molecule has 3 heterocycles. The molecule has 1 aromatic heterocycles. The predicted molar refractivity (Wildman–Crippen MR) is 91.8 cm³/mol. The van der Waals surface area contributed by atoms with Crippen LogP contribution >= 0.6 is 0 Å². The van der Waals surface area contributed by atoms with E-state index in [4.69, 9.17) is 0 Å². The molecule has 0 aliphatic carbocycles. The highest BCUT2D eigenvalue weighted by Gasteiger charge is 2.37. The summed E-state index contributed by atoms with van der Waals surface area (Å²) >= 11 is 0. The van der Waals surface area contributed by atoms with Gasteiger partial charge in [-0.05, 0) is 30.4 Å². The third-order valence-electron chi connectivity index (χ3n) is 5.05. The Labute approximate surface area is 145 Å². The van der Waals surface area contributed by atoms with E-state index in [1.165, 1.54) is 4.90 Å². The molecular weight excluding hydrogens is 320 g/mol. The molecule has 0 atom stereocenters. The second kappa shape index (κ2) is 6.23. The minimum absolute atomic E-state index is 0.0667. The fourth-order valence-corrected chi connectivity index (χ4v) is 3.70. The van der Waals surface area contributed by atoms with Crippen LogP contribution in [0.2, 0.25) is 0 Å². The SMILES string of the molecule is O=C(Cn1ccc2ccccc21)N1CCC(N2C(=O)CNC2=O)CC1. The lowest BCUT2D eigenvalue weighted by atomic mass is 10.0. The summed E-state index contributed by atoms with van der Waals surface area (Å²) in [6.07, 6.45) is 3.21. The largest absolute Gasteiger partial charge is 0.341 e. The first-order chi connectivity index (χ1) is 12.1. The summed E-state index contributed by atoms with van der Waals surface area (Å²) in [6, 6.07) is 9.57. The molecule has 0 spiro atoms. The van der Waals surface area contributed by atoms with E-state index >= 15 is 0 Å². The zero-order valence-corrected chi connectivity index (χ0v) is 13.9. The molecule has 0 saturated carbocycles. The molecule has 7 nitrogen and oxygen atoms in total. The molecule has 7 heteroatoms. The standard InChI is InChI=1S/C18H20N4O3/c23-16-11-19-18(25)22(16)14-6-9-20(10-7-14)17(24)12-21-8-5-13-3-1-2-4-15(13)21/h1-5,8,14H,6-7,9-12H2,(H,19,25). The van der Waals surface area contributed by atoms with E-state index in [1.54, 1.807) is 0 Å². The summed E-state index contributed by atoms with van der Waals surface area (Å²) in [4.78, 5) is 39.3. The van der Waals surface area contributed by atoms with Gasteiger partial charge in [0, 0.05) is 30.8 Å². The van der Waals surface area contributed by atoms with Crippen molar-refractivity contribution in [1.82, 2.24) is 19.7 Å². The lowest BCUT2D eigenvalue weighted by molar-refractivity contribution is -0.133. The van der Waals surface area contributed by atoms with Crippen molar-refractivity contribution < 1.29 is 14.4 Å². The number of hydrogen-bond donors (Lipinski definition) is 1. The van der Waals surface area contributed by atoms with Gasteiger partial charge in [-0.2, -0.15) is 0 Å². The van der Waals surface area contributed by atoms with Crippen LogP contribution in [0.4, 0.5) is 4.79 Å². The van der Waals surface area contributed by atoms with Gasteiger partial charge in [-0.25, -0.2) is 4.79 Å². The molecule has 2 fully saturated rings. The molecule has 0 bridgehead atoms. The van der Waals surface area contributed by atoms with Crippen molar-refractivity contribution in [2.45, 2.75) is 25.4 Å². The lowest BCUT2D eigenvalue weighted by Gasteiger charge is -2.35. The highest BCUT2D eigenvalue weighted by atomic mass is 16.2. The molecule has 2 aromatic rings. The van der Waals surface area contributed by atoms with Gasteiger partial charge in [-0.3, -0.25) is 14.5 Å². The van der Waals surface area contributed by atoms with Crippen LogP contribution in [0.1, 0.15) is 12.8 Å². The van der Waals surface area contributed by atoms with Crippen molar-refractivity contribution in [1.29, 1.82) is 0 Å². The van der Waals surface area contributed by atoms with Crippen molar-refractivity contribution >= 4 is 28.7 Å². The van der Waals surface area contributed by atoms with Crippen molar-refractivity contribution in [2.24, 2.45) is 0 Å². The van der Waals surface area contributed by atoms with Gasteiger partial charge in [0.25, 0.3) is 0 Å². The van der Waals surface area contributed by atoms with E-state index in [9.17, 15) is 14.4 Å². The first-order valence-electron chi connectivity index (χ1n) is 8.55. The van der Waals surface area contributed by atoms with Crippen LogP contribution in [-0.4, -0.2) is 57.9 Å². The van der Waals surface area contributed by atoms with Crippen LogP contribution in [0, 0.1) is 0 Å². The van der Waals surface area contributed by atoms with Gasteiger partial charge in [-0.1, -0.05) is 18.2 Å². The fourth-order valence-electron chi connectivity index (χ4n) is 3.70. The fraction of sp³-hybridized carbons (Fsp3) is 0.389. The van der Waals surface area contributed by atoms with Gasteiger partial charge in [0.05, 0.1) is 6.54 Å². The molecule has 4 amide bonds. The normalized spacial score (nSPS) is 18.9. The number of para-hydroxylation sites is 1. The Morgan fingerprint density at radius 3 is 2.60 bits per heavy atom. The van der Waals surface area contributed by atoms with Crippen LogP contribution in [0.25, 0.3) is 10.9 Å². The summed E-state index contributed by atoms with van der Waals surface area (Å²) in [5.74, 6) is -0.106. The molecule has 2 aliphatic heterocycles. The topological polar surface area (TPSA) is 74.7 Å². The smallest absolute Gasteiger partial charge is 0.324 e. The van der Waals surface area contributed by atoms with Gasteiger partial charge in [0.15, 0.2) is 0 Å². The van der Waals surface area contributed by atoms with Crippen LogP contribution < -0.4 is 5.32 Å². The van der Waals surface area contributed by atoms with Crippen LogP contribution in [-0.2, 0) is 16.1 Å². The molecule has 2 aliphatic rings. The Morgan fingerprint density at radius 1 is 1.12 bits per heavy atom. The van der Waals surface area contributed by atoms with Gasteiger partial charge in [0.2, 0.25) is 11.8 Å². The average Bonchev–Trinajstić information content (AvgIpc) is 3.19. The summed E-state index contributed by atoms with van der Waals surface area (Å²) < 4.78 is 1.96. The third kappa shape index (κ3) is 2.86. The van der Waals surface area contributed by atoms with E-state index in [2.05, 4.69) is 5.32 Å². The number of piperidine rings is 1. The summed E-state index contributed by atoms with van der Waals surface area (Å²) in [6.45, 7) is 1.53. The summed E-state index contributed by atoms with van der Waals surface area (Å²) in [5, 5.41) is 3.67. The number of hydrogen-bond acceptors (Lipinski definition) is 3. The Morgan fingerprint density at radius 2 is 1.88 bits per heavy atom. The van der Waals surface area contributed by atoms with Gasteiger partial charge in [-0.15, -0.1) is 0 Å². The third-order valence-corrected chi connectivity index (χ3v) is 5.05. The quantitative estimate of drug-likeness (QED) is 0.853. The van der Waals surface area contributed by atoms with E-state index in [1.807, 2.05) is 46.0 Å². The number of nitrogens with one attached hydrogen (secondary N) is 1. The summed E-state index contributed by atoms with van der Waals surface area (Å²) in [5.41, 5.74) is 1.05. The van der Waals surface area contributed by atoms with E-state index in [-0.39, 0.29) is 30.4 Å². The molecule has 130 valence electrons. The maximum atomic E-state index is 12.6. The Bertz CT molecular complexity index is 820. The Hall–Kier alpha value is -2.83. The Balaban J connectivity index is 1.38. The number of carbonyl (C=O) groups is 3. The molecule has 25 heavy (non-hydrogen) atoms. The number of amides is 4. The number of fused-ring (bicyclic) bond motifs is 1. The molecule has 2 saturated heterocycles. The van der Waals surface area contributed by atoms with Crippen LogP contribution in [0.3, 0.4) is 0 Å². The van der Waals surface area contributed by atoms with Crippen LogP contribution in [0.5, 0.6) is 0 Å². The highest BCUT2D eigenvalue weighted by molar-refractivity contribution is 6.02. The molecule has 0 unspecified atom stereocenters. The summed E-state index contributed by atoms with van der Waals surface area (Å²) in [7, 11) is 0. The maximum absolute atomic E-state index is 12.6. The first kappa shape index (κ1) is 15.7. The predicted octanol–water partition coefficient (Wildman–Crippen LogP) is 1.18. The number of benzene rings is 1. The van der Waals surface area contributed by atoms with E-state index < -0.39 is 0 Å². The first-order valence-corrected chi connectivity index (χ1v) is 8.55. The van der Waals surface area contributed by atoms with Crippen molar-refractivity contribution in [3.8, 4) is 0 Å². The minimum atomic E-state index is -0.311. The number of likely N-dealkylation sites (tertiary alicyclic amines) is 1. The van der Waals surface area contributed by atoms with Crippen LogP contribution in [0.15, 0.2) is 36.5 Å². The lowest BCUT2D eigenvalue weighted by Crippen LogP contribution is -2.49. The second-order valence-electron chi connectivity index (χ2n) is 6.54. The second-order valence-corrected chi connectivity index (χ2v) is 6.54. The monoisotopic (exact) mass is 340 g/mol. The molecule has 0 radical (unpaired) electrons. The molecule has 1 aromatic carbocycles. The number of carbonyl (C=O) groups excluding carboxylic acids is 3. The Kier molecular flexibility index (Phi) is 3.91. The van der Waals surface area contributed by atoms with E-state index in [0.717, 1.165) is 10.9 Å². The molecule has 1 N–H and O–H groups in total. The van der Waals surface area contributed by atoms with Gasteiger partial charge < -0.3 is 14.8 Å². The molecule has 4 rings (SSSR count).